The van der Waals surface area contributed by atoms with Gasteiger partial charge in [-0.1, -0.05) is 0 Å². The molecule has 0 N–H and O–H groups in total. The van der Waals surface area contributed by atoms with E-state index in [-0.39, 0.29) is 5.91 Å². The number of halogens is 1. The number of amides is 1. The highest BCUT2D eigenvalue weighted by Crippen LogP contribution is 2.12. The summed E-state index contributed by atoms with van der Waals surface area (Å²) in [5.74, 6) is 0.956. The standard InChI is InChI=1S/C11H16ClNO2/c1-3-13(7-4-6-12)11(14)10-9(2)5-8-15-10/h5,8H,3-4,6-7H2,1-2H3. The largest absolute Gasteiger partial charge is 0.459 e. The van der Waals surface area contributed by atoms with E-state index in [2.05, 4.69) is 0 Å². The maximum Gasteiger partial charge on any atom is 0.289 e. The van der Waals surface area contributed by atoms with E-state index in [1.54, 1.807) is 11.0 Å². The second-order valence-electron chi connectivity index (χ2n) is 3.36. The summed E-state index contributed by atoms with van der Waals surface area (Å²) in [5, 5.41) is 0. The smallest absolute Gasteiger partial charge is 0.289 e. The molecule has 0 aliphatic carbocycles. The highest BCUT2D eigenvalue weighted by Gasteiger charge is 2.18. The van der Waals surface area contributed by atoms with Crippen LogP contribution in [0.25, 0.3) is 0 Å². The molecular weight excluding hydrogens is 214 g/mol. The number of alkyl halides is 1. The Labute approximate surface area is 95.0 Å². The molecule has 0 unspecified atom stereocenters. The Morgan fingerprint density at radius 1 is 1.60 bits per heavy atom. The molecule has 0 spiro atoms. The van der Waals surface area contributed by atoms with Crippen LogP contribution in [-0.2, 0) is 0 Å². The van der Waals surface area contributed by atoms with Crippen molar-refractivity contribution >= 4 is 17.5 Å². The highest BCUT2D eigenvalue weighted by molar-refractivity contribution is 6.17. The Kier molecular flexibility index (Phi) is 4.69. The van der Waals surface area contributed by atoms with E-state index >= 15 is 0 Å². The van der Waals surface area contributed by atoms with Crippen LogP contribution in [0.2, 0.25) is 0 Å². The van der Waals surface area contributed by atoms with Crippen LogP contribution in [0.4, 0.5) is 0 Å². The summed E-state index contributed by atoms with van der Waals surface area (Å²) < 4.78 is 5.16. The topological polar surface area (TPSA) is 33.5 Å². The predicted molar refractivity (Wildman–Crippen MR) is 60.4 cm³/mol. The number of rotatable bonds is 5. The van der Waals surface area contributed by atoms with Gasteiger partial charge < -0.3 is 9.32 Å². The van der Waals surface area contributed by atoms with Crippen molar-refractivity contribution in [1.29, 1.82) is 0 Å². The molecule has 0 saturated heterocycles. The van der Waals surface area contributed by atoms with Crippen molar-refractivity contribution in [3.8, 4) is 0 Å². The molecule has 84 valence electrons. The van der Waals surface area contributed by atoms with Gasteiger partial charge in [-0.15, -0.1) is 11.6 Å². The monoisotopic (exact) mass is 229 g/mol. The number of carbonyl (C=O) groups is 1. The van der Waals surface area contributed by atoms with Gasteiger partial charge in [0.25, 0.3) is 5.91 Å². The molecule has 1 amide bonds. The normalized spacial score (nSPS) is 10.3. The lowest BCUT2D eigenvalue weighted by Crippen LogP contribution is -2.32. The molecule has 0 atom stereocenters. The average molecular weight is 230 g/mol. The van der Waals surface area contributed by atoms with E-state index in [4.69, 9.17) is 16.0 Å². The number of furan rings is 1. The van der Waals surface area contributed by atoms with E-state index in [9.17, 15) is 4.79 Å². The number of nitrogens with zero attached hydrogens (tertiary/aromatic N) is 1. The Morgan fingerprint density at radius 3 is 2.80 bits per heavy atom. The Balaban J connectivity index is 2.69. The van der Waals surface area contributed by atoms with Crippen molar-refractivity contribution in [1.82, 2.24) is 4.90 Å². The second-order valence-corrected chi connectivity index (χ2v) is 3.74. The number of aryl methyl sites for hydroxylation is 1. The van der Waals surface area contributed by atoms with Gasteiger partial charge in [-0.2, -0.15) is 0 Å². The van der Waals surface area contributed by atoms with Crippen LogP contribution in [0.3, 0.4) is 0 Å². The van der Waals surface area contributed by atoms with Crippen LogP contribution in [-0.4, -0.2) is 29.8 Å². The summed E-state index contributed by atoms with van der Waals surface area (Å²) >= 11 is 5.60. The Morgan fingerprint density at radius 2 is 2.33 bits per heavy atom. The van der Waals surface area contributed by atoms with Gasteiger partial charge in [-0.25, -0.2) is 0 Å². The third-order valence-electron chi connectivity index (χ3n) is 2.29. The summed E-state index contributed by atoms with van der Waals surface area (Å²) in [4.78, 5) is 13.7. The van der Waals surface area contributed by atoms with E-state index in [0.717, 1.165) is 12.0 Å². The summed E-state index contributed by atoms with van der Waals surface area (Å²) in [7, 11) is 0. The highest BCUT2D eigenvalue weighted by atomic mass is 35.5. The van der Waals surface area contributed by atoms with Gasteiger partial charge in [-0.3, -0.25) is 4.79 Å². The van der Waals surface area contributed by atoms with Gasteiger partial charge >= 0.3 is 0 Å². The first-order valence-corrected chi connectivity index (χ1v) is 5.63. The predicted octanol–water partition coefficient (Wildman–Crippen LogP) is 2.68. The zero-order valence-corrected chi connectivity index (χ0v) is 9.88. The molecule has 0 aliphatic rings. The number of hydrogen-bond acceptors (Lipinski definition) is 2. The third kappa shape index (κ3) is 2.99. The molecule has 1 rings (SSSR count). The third-order valence-corrected chi connectivity index (χ3v) is 2.55. The second kappa shape index (κ2) is 5.81. The fraction of sp³-hybridized carbons (Fsp3) is 0.545. The van der Waals surface area contributed by atoms with Crippen molar-refractivity contribution in [3.63, 3.8) is 0 Å². The van der Waals surface area contributed by atoms with Crippen molar-refractivity contribution in [3.05, 3.63) is 23.7 Å². The lowest BCUT2D eigenvalue weighted by molar-refractivity contribution is 0.0732. The van der Waals surface area contributed by atoms with Crippen LogP contribution in [0.1, 0.15) is 29.5 Å². The molecule has 1 aromatic heterocycles. The SMILES string of the molecule is CCN(CCCCl)C(=O)c1occc1C. The van der Waals surface area contributed by atoms with Crippen LogP contribution in [0.5, 0.6) is 0 Å². The van der Waals surface area contributed by atoms with Crippen LogP contribution in [0.15, 0.2) is 16.7 Å². The molecule has 1 aromatic rings. The average Bonchev–Trinajstić information content (AvgIpc) is 2.65. The molecule has 15 heavy (non-hydrogen) atoms. The minimum absolute atomic E-state index is 0.0508. The van der Waals surface area contributed by atoms with Gasteiger partial charge in [0, 0.05) is 24.5 Å². The number of hydrogen-bond donors (Lipinski definition) is 0. The molecule has 4 heteroatoms. The maximum atomic E-state index is 12.0. The molecule has 0 aromatic carbocycles. The summed E-state index contributed by atoms with van der Waals surface area (Å²) in [6, 6.07) is 1.79. The van der Waals surface area contributed by atoms with Crippen molar-refractivity contribution < 1.29 is 9.21 Å². The van der Waals surface area contributed by atoms with Gasteiger partial charge in [0.05, 0.1) is 6.26 Å². The molecular formula is C11H16ClNO2. The van der Waals surface area contributed by atoms with Gasteiger partial charge in [0.2, 0.25) is 0 Å². The van der Waals surface area contributed by atoms with Crippen LogP contribution >= 0.6 is 11.6 Å². The first-order chi connectivity index (χ1) is 7.20. The molecule has 1 heterocycles. The zero-order chi connectivity index (χ0) is 11.3. The quantitative estimate of drug-likeness (QED) is 0.728. The van der Waals surface area contributed by atoms with Crippen LogP contribution in [0, 0.1) is 6.92 Å². The number of carbonyl (C=O) groups excluding carboxylic acids is 1. The maximum absolute atomic E-state index is 12.0. The van der Waals surface area contributed by atoms with Crippen LogP contribution < -0.4 is 0 Å². The minimum Gasteiger partial charge on any atom is -0.459 e. The minimum atomic E-state index is -0.0508. The Bertz CT molecular complexity index is 322. The molecule has 0 saturated carbocycles. The lowest BCUT2D eigenvalue weighted by atomic mass is 10.2. The van der Waals surface area contributed by atoms with E-state index in [1.807, 2.05) is 13.8 Å². The van der Waals surface area contributed by atoms with Crippen molar-refractivity contribution in [2.24, 2.45) is 0 Å². The van der Waals surface area contributed by atoms with Gasteiger partial charge in [-0.05, 0) is 26.3 Å². The first kappa shape index (κ1) is 12.1. The van der Waals surface area contributed by atoms with Gasteiger partial charge in [0.15, 0.2) is 5.76 Å². The summed E-state index contributed by atoms with van der Waals surface area (Å²) in [6.45, 7) is 5.17. The molecule has 0 aliphatic heterocycles. The van der Waals surface area contributed by atoms with Crippen molar-refractivity contribution in [2.45, 2.75) is 20.3 Å². The summed E-state index contributed by atoms with van der Waals surface area (Å²) in [5.41, 5.74) is 0.879. The Hall–Kier alpha value is -0.960. The summed E-state index contributed by atoms with van der Waals surface area (Å²) in [6.07, 6.45) is 2.35. The molecule has 0 fully saturated rings. The van der Waals surface area contributed by atoms with E-state index < -0.39 is 0 Å². The van der Waals surface area contributed by atoms with E-state index in [0.29, 0.717) is 24.7 Å². The van der Waals surface area contributed by atoms with Gasteiger partial charge in [0.1, 0.15) is 0 Å². The first-order valence-electron chi connectivity index (χ1n) is 5.10. The lowest BCUT2D eigenvalue weighted by Gasteiger charge is -2.19. The fourth-order valence-electron chi connectivity index (χ4n) is 1.39. The molecule has 3 nitrogen and oxygen atoms in total. The zero-order valence-electron chi connectivity index (χ0n) is 9.12. The van der Waals surface area contributed by atoms with E-state index in [1.165, 1.54) is 6.26 Å². The van der Waals surface area contributed by atoms with Crippen molar-refractivity contribution in [2.75, 3.05) is 19.0 Å². The molecule has 0 bridgehead atoms. The molecule has 0 radical (unpaired) electrons. The fourth-order valence-corrected chi connectivity index (χ4v) is 1.51.